The van der Waals surface area contributed by atoms with Crippen LogP contribution in [0.1, 0.15) is 5.56 Å². The lowest BCUT2D eigenvalue weighted by atomic mass is 10.1. The molecule has 2 aromatic rings. The summed E-state index contributed by atoms with van der Waals surface area (Å²) in [7, 11) is 0. The number of amides is 2. The normalized spacial score (nSPS) is 16.4. The number of hydrogen-bond donors (Lipinski definition) is 1. The zero-order valence-electron chi connectivity index (χ0n) is 14.6. The second-order valence-corrected chi connectivity index (χ2v) is 7.35. The Bertz CT molecular complexity index is 854. The predicted octanol–water partition coefficient (Wildman–Crippen LogP) is 4.07. The number of piperazine rings is 1. The van der Waals surface area contributed by atoms with Gasteiger partial charge in [0.2, 0.25) is 6.79 Å². The summed E-state index contributed by atoms with van der Waals surface area (Å²) in [5.41, 5.74) is 1.74. The highest BCUT2D eigenvalue weighted by molar-refractivity contribution is 6.36. The van der Waals surface area contributed by atoms with E-state index in [1.165, 1.54) is 5.56 Å². The lowest BCUT2D eigenvalue weighted by Gasteiger charge is -2.34. The van der Waals surface area contributed by atoms with Crippen molar-refractivity contribution in [1.82, 2.24) is 9.80 Å². The number of anilines is 1. The van der Waals surface area contributed by atoms with Crippen LogP contribution < -0.4 is 14.8 Å². The highest BCUT2D eigenvalue weighted by Gasteiger charge is 2.22. The van der Waals surface area contributed by atoms with E-state index in [2.05, 4.69) is 16.3 Å². The first-order valence-electron chi connectivity index (χ1n) is 8.70. The van der Waals surface area contributed by atoms with E-state index in [0.29, 0.717) is 28.8 Å². The van der Waals surface area contributed by atoms with E-state index in [0.717, 1.165) is 31.1 Å². The molecule has 2 aliphatic rings. The van der Waals surface area contributed by atoms with Gasteiger partial charge in [0.15, 0.2) is 11.5 Å². The van der Waals surface area contributed by atoms with Crippen LogP contribution in [0.3, 0.4) is 0 Å². The van der Waals surface area contributed by atoms with Gasteiger partial charge in [0, 0.05) is 37.7 Å². The second kappa shape index (κ2) is 7.84. The van der Waals surface area contributed by atoms with Gasteiger partial charge < -0.3 is 19.7 Å². The van der Waals surface area contributed by atoms with E-state index in [4.69, 9.17) is 32.7 Å². The van der Waals surface area contributed by atoms with Gasteiger partial charge in [-0.2, -0.15) is 0 Å². The van der Waals surface area contributed by atoms with Crippen molar-refractivity contribution in [3.05, 3.63) is 52.0 Å². The van der Waals surface area contributed by atoms with E-state index >= 15 is 0 Å². The monoisotopic (exact) mass is 407 g/mol. The Labute approximate surface area is 167 Å². The van der Waals surface area contributed by atoms with Crippen LogP contribution in [0.2, 0.25) is 10.0 Å². The maximum Gasteiger partial charge on any atom is 0.321 e. The molecule has 4 rings (SSSR count). The topological polar surface area (TPSA) is 54.0 Å². The number of benzene rings is 2. The lowest BCUT2D eigenvalue weighted by Crippen LogP contribution is -2.49. The first-order valence-corrected chi connectivity index (χ1v) is 9.46. The van der Waals surface area contributed by atoms with Crippen molar-refractivity contribution >= 4 is 34.9 Å². The maximum absolute atomic E-state index is 12.5. The Hall–Kier alpha value is -2.15. The molecule has 0 aromatic heterocycles. The molecule has 1 saturated heterocycles. The fourth-order valence-corrected chi connectivity index (χ4v) is 3.65. The van der Waals surface area contributed by atoms with E-state index in [1.807, 2.05) is 12.1 Å². The first-order chi connectivity index (χ1) is 13.1. The van der Waals surface area contributed by atoms with Gasteiger partial charge in [0.05, 0.1) is 10.7 Å². The van der Waals surface area contributed by atoms with Crippen LogP contribution in [0.25, 0.3) is 0 Å². The van der Waals surface area contributed by atoms with Gasteiger partial charge in [-0.25, -0.2) is 4.79 Å². The molecule has 2 aliphatic heterocycles. The smallest absolute Gasteiger partial charge is 0.321 e. The van der Waals surface area contributed by atoms with Gasteiger partial charge in [0.25, 0.3) is 0 Å². The third-order valence-corrected chi connectivity index (χ3v) is 5.22. The summed E-state index contributed by atoms with van der Waals surface area (Å²) < 4.78 is 10.8. The standard InChI is InChI=1S/C19H19Cl2N3O3/c20-14-2-3-16(15(21)10-14)22-19(25)24-7-5-23(6-8-24)11-13-1-4-17-18(9-13)27-12-26-17/h1-4,9-10H,5-8,11-12H2,(H,22,25). The number of carbonyl (C=O) groups is 1. The first kappa shape index (κ1) is 18.2. The average Bonchev–Trinajstić information content (AvgIpc) is 3.12. The summed E-state index contributed by atoms with van der Waals surface area (Å²) in [4.78, 5) is 16.6. The fraction of sp³-hybridized carbons (Fsp3) is 0.316. The molecule has 2 aromatic carbocycles. The molecule has 0 spiro atoms. The Morgan fingerprint density at radius 2 is 1.78 bits per heavy atom. The van der Waals surface area contributed by atoms with Crippen molar-refractivity contribution < 1.29 is 14.3 Å². The highest BCUT2D eigenvalue weighted by Crippen LogP contribution is 2.33. The Morgan fingerprint density at radius 3 is 2.56 bits per heavy atom. The van der Waals surface area contributed by atoms with Gasteiger partial charge >= 0.3 is 6.03 Å². The number of fused-ring (bicyclic) bond motifs is 1. The molecule has 0 aliphatic carbocycles. The molecule has 0 radical (unpaired) electrons. The van der Waals surface area contributed by atoms with E-state index in [9.17, 15) is 4.79 Å². The van der Waals surface area contributed by atoms with Crippen LogP contribution in [0.5, 0.6) is 11.5 Å². The molecule has 2 heterocycles. The zero-order valence-corrected chi connectivity index (χ0v) is 16.1. The molecule has 0 bridgehead atoms. The van der Waals surface area contributed by atoms with Crippen molar-refractivity contribution in [1.29, 1.82) is 0 Å². The Morgan fingerprint density at radius 1 is 1.00 bits per heavy atom. The number of carbonyl (C=O) groups excluding carboxylic acids is 1. The lowest BCUT2D eigenvalue weighted by molar-refractivity contribution is 0.143. The van der Waals surface area contributed by atoms with Gasteiger partial charge in [-0.3, -0.25) is 4.90 Å². The molecule has 0 saturated carbocycles. The van der Waals surface area contributed by atoms with Crippen molar-refractivity contribution in [3.63, 3.8) is 0 Å². The number of halogens is 2. The zero-order chi connectivity index (χ0) is 18.8. The third-order valence-electron chi connectivity index (χ3n) is 4.68. The largest absolute Gasteiger partial charge is 0.454 e. The van der Waals surface area contributed by atoms with E-state index < -0.39 is 0 Å². The summed E-state index contributed by atoms with van der Waals surface area (Å²) in [5, 5.41) is 3.81. The summed E-state index contributed by atoms with van der Waals surface area (Å²) in [6.45, 7) is 4.01. The van der Waals surface area contributed by atoms with Crippen molar-refractivity contribution in [2.45, 2.75) is 6.54 Å². The van der Waals surface area contributed by atoms with Crippen LogP contribution in [0.4, 0.5) is 10.5 Å². The van der Waals surface area contributed by atoms with Crippen LogP contribution in [0, 0.1) is 0 Å². The van der Waals surface area contributed by atoms with Crippen molar-refractivity contribution in [2.24, 2.45) is 0 Å². The molecule has 2 amide bonds. The molecular formula is C19H19Cl2N3O3. The number of nitrogens with zero attached hydrogens (tertiary/aromatic N) is 2. The molecule has 1 N–H and O–H groups in total. The number of rotatable bonds is 3. The van der Waals surface area contributed by atoms with Gasteiger partial charge in [0.1, 0.15) is 0 Å². The average molecular weight is 408 g/mol. The van der Waals surface area contributed by atoms with E-state index in [1.54, 1.807) is 23.1 Å². The van der Waals surface area contributed by atoms with Crippen molar-refractivity contribution in [3.8, 4) is 11.5 Å². The summed E-state index contributed by atoms with van der Waals surface area (Å²) >= 11 is 12.0. The van der Waals surface area contributed by atoms with Crippen LogP contribution in [-0.2, 0) is 6.54 Å². The van der Waals surface area contributed by atoms with Gasteiger partial charge in [-0.05, 0) is 35.9 Å². The number of nitrogens with one attached hydrogen (secondary N) is 1. The molecule has 0 unspecified atom stereocenters. The van der Waals surface area contributed by atoms with Crippen LogP contribution >= 0.6 is 23.2 Å². The minimum atomic E-state index is -0.151. The SMILES string of the molecule is O=C(Nc1ccc(Cl)cc1Cl)N1CCN(Cc2ccc3c(c2)OCO3)CC1. The number of ether oxygens (including phenoxy) is 2. The summed E-state index contributed by atoms with van der Waals surface area (Å²) in [5.74, 6) is 1.59. The maximum atomic E-state index is 12.5. The summed E-state index contributed by atoms with van der Waals surface area (Å²) in [6, 6.07) is 10.9. The second-order valence-electron chi connectivity index (χ2n) is 6.51. The molecule has 8 heteroatoms. The molecule has 1 fully saturated rings. The van der Waals surface area contributed by atoms with Gasteiger partial charge in [-0.1, -0.05) is 29.3 Å². The van der Waals surface area contributed by atoms with Crippen LogP contribution in [0.15, 0.2) is 36.4 Å². The molecule has 27 heavy (non-hydrogen) atoms. The Balaban J connectivity index is 1.30. The minimum absolute atomic E-state index is 0.151. The van der Waals surface area contributed by atoms with Gasteiger partial charge in [-0.15, -0.1) is 0 Å². The highest BCUT2D eigenvalue weighted by atomic mass is 35.5. The predicted molar refractivity (Wildman–Crippen MR) is 105 cm³/mol. The molecule has 142 valence electrons. The van der Waals surface area contributed by atoms with E-state index in [-0.39, 0.29) is 12.8 Å². The van der Waals surface area contributed by atoms with Crippen LogP contribution in [-0.4, -0.2) is 48.8 Å². The molecular weight excluding hydrogens is 389 g/mol. The number of hydrogen-bond acceptors (Lipinski definition) is 4. The quantitative estimate of drug-likeness (QED) is 0.832. The van der Waals surface area contributed by atoms with Crippen molar-refractivity contribution in [2.75, 3.05) is 38.3 Å². The fourth-order valence-electron chi connectivity index (χ4n) is 3.19. The Kier molecular flexibility index (Phi) is 5.29. The molecule has 6 nitrogen and oxygen atoms in total. The minimum Gasteiger partial charge on any atom is -0.454 e. The summed E-state index contributed by atoms with van der Waals surface area (Å²) in [6.07, 6.45) is 0. The third kappa shape index (κ3) is 4.24. The molecule has 0 atom stereocenters. The number of urea groups is 1.